The highest BCUT2D eigenvalue weighted by molar-refractivity contribution is 5.69. The molecule has 0 aromatic heterocycles. The lowest BCUT2D eigenvalue weighted by atomic mass is 10.1. The van der Waals surface area contributed by atoms with E-state index in [1.165, 1.54) is 0 Å². The molecule has 1 aromatic rings. The van der Waals surface area contributed by atoms with Gasteiger partial charge in [-0.2, -0.15) is 0 Å². The Bertz CT molecular complexity index is 433. The second-order valence-corrected chi connectivity index (χ2v) is 4.34. The number of esters is 1. The Hall–Kier alpha value is -1.75. The van der Waals surface area contributed by atoms with Crippen molar-refractivity contribution in [2.45, 2.75) is 19.3 Å². The molecule has 0 fully saturated rings. The molecule has 0 amide bonds. The highest BCUT2D eigenvalue weighted by atomic mass is 16.5. The molecule has 0 atom stereocenters. The summed E-state index contributed by atoms with van der Waals surface area (Å²) in [5, 5.41) is 0. The van der Waals surface area contributed by atoms with Crippen LogP contribution in [0.3, 0.4) is 0 Å². The molecule has 0 bridgehead atoms. The van der Waals surface area contributed by atoms with Crippen LogP contribution in [0, 0.1) is 0 Å². The molecule has 104 valence electrons. The normalized spacial score (nSPS) is 13.7. The molecule has 1 heterocycles. The van der Waals surface area contributed by atoms with E-state index in [0.717, 1.165) is 23.5 Å². The van der Waals surface area contributed by atoms with Crippen molar-refractivity contribution in [1.82, 2.24) is 0 Å². The molecule has 0 unspecified atom stereocenters. The molecule has 0 saturated heterocycles. The van der Waals surface area contributed by atoms with E-state index < -0.39 is 0 Å². The van der Waals surface area contributed by atoms with Crippen LogP contribution in [-0.4, -0.2) is 32.3 Å². The van der Waals surface area contributed by atoms with Gasteiger partial charge in [0.2, 0.25) is 0 Å². The third-order valence-corrected chi connectivity index (χ3v) is 2.81. The molecule has 0 radical (unpaired) electrons. The van der Waals surface area contributed by atoms with Gasteiger partial charge < -0.3 is 19.9 Å². The van der Waals surface area contributed by atoms with Gasteiger partial charge in [0.25, 0.3) is 0 Å². The number of hydrogen-bond donors (Lipinski definition) is 1. The summed E-state index contributed by atoms with van der Waals surface area (Å²) < 4.78 is 16.2. The van der Waals surface area contributed by atoms with Crippen molar-refractivity contribution >= 4 is 5.97 Å². The van der Waals surface area contributed by atoms with Gasteiger partial charge >= 0.3 is 5.97 Å². The average molecular weight is 265 g/mol. The topological polar surface area (TPSA) is 70.8 Å². The van der Waals surface area contributed by atoms with Gasteiger partial charge in [0, 0.05) is 19.4 Å². The van der Waals surface area contributed by atoms with Crippen molar-refractivity contribution in [3.05, 3.63) is 23.8 Å². The predicted molar refractivity (Wildman–Crippen MR) is 70.4 cm³/mol. The van der Waals surface area contributed by atoms with Gasteiger partial charge in [0.1, 0.15) is 0 Å². The van der Waals surface area contributed by atoms with Gasteiger partial charge in [-0.15, -0.1) is 0 Å². The summed E-state index contributed by atoms with van der Waals surface area (Å²) in [4.78, 5) is 11.2. The summed E-state index contributed by atoms with van der Waals surface area (Å²) in [5.41, 5.74) is 6.33. The second-order valence-electron chi connectivity index (χ2n) is 4.34. The van der Waals surface area contributed by atoms with E-state index >= 15 is 0 Å². The number of hydrogen-bond acceptors (Lipinski definition) is 5. The standard InChI is InChI=1S/C14H19NO4/c15-6-4-14(16)19-9-5-11-2-3-12-13(10-11)18-8-1-7-17-12/h2-3,10H,1,4-9,15H2. The molecule has 0 saturated carbocycles. The van der Waals surface area contributed by atoms with Gasteiger partial charge in [-0.3, -0.25) is 4.79 Å². The van der Waals surface area contributed by atoms with Crippen LogP contribution in [0.15, 0.2) is 18.2 Å². The Balaban J connectivity index is 1.87. The molecule has 1 aliphatic heterocycles. The van der Waals surface area contributed by atoms with Crippen molar-refractivity contribution in [1.29, 1.82) is 0 Å². The first-order valence-corrected chi connectivity index (χ1v) is 6.54. The fourth-order valence-electron chi connectivity index (χ4n) is 1.84. The molecule has 5 nitrogen and oxygen atoms in total. The first-order chi connectivity index (χ1) is 9.29. The van der Waals surface area contributed by atoms with E-state index in [1.807, 2.05) is 18.2 Å². The number of fused-ring (bicyclic) bond motifs is 1. The lowest BCUT2D eigenvalue weighted by Gasteiger charge is -2.09. The van der Waals surface area contributed by atoms with Crippen molar-refractivity contribution in [2.24, 2.45) is 5.73 Å². The maximum atomic E-state index is 11.2. The molecular formula is C14H19NO4. The Labute approximate surface area is 112 Å². The first-order valence-electron chi connectivity index (χ1n) is 6.54. The van der Waals surface area contributed by atoms with E-state index in [-0.39, 0.29) is 12.4 Å². The fraction of sp³-hybridized carbons (Fsp3) is 0.500. The largest absolute Gasteiger partial charge is 0.490 e. The average Bonchev–Trinajstić information content (AvgIpc) is 2.63. The van der Waals surface area contributed by atoms with Crippen LogP contribution in [0.1, 0.15) is 18.4 Å². The lowest BCUT2D eigenvalue weighted by Crippen LogP contribution is -2.12. The molecule has 1 aliphatic rings. The quantitative estimate of drug-likeness (QED) is 0.812. The van der Waals surface area contributed by atoms with E-state index in [1.54, 1.807) is 0 Å². The van der Waals surface area contributed by atoms with E-state index in [0.29, 0.717) is 32.8 Å². The molecule has 2 N–H and O–H groups in total. The molecule has 5 heteroatoms. The minimum absolute atomic E-state index is 0.253. The smallest absolute Gasteiger partial charge is 0.307 e. The molecule has 0 spiro atoms. The van der Waals surface area contributed by atoms with Crippen molar-refractivity contribution in [3.8, 4) is 11.5 Å². The van der Waals surface area contributed by atoms with Gasteiger partial charge in [0.15, 0.2) is 11.5 Å². The lowest BCUT2D eigenvalue weighted by molar-refractivity contribution is -0.143. The van der Waals surface area contributed by atoms with Crippen LogP contribution in [0.4, 0.5) is 0 Å². The Morgan fingerprint density at radius 1 is 1.26 bits per heavy atom. The maximum absolute atomic E-state index is 11.2. The first kappa shape index (κ1) is 13.7. The van der Waals surface area contributed by atoms with Crippen LogP contribution in [0.2, 0.25) is 0 Å². The molecule has 0 aliphatic carbocycles. The minimum Gasteiger partial charge on any atom is -0.490 e. The summed E-state index contributed by atoms with van der Waals surface area (Å²) in [6, 6.07) is 5.80. The predicted octanol–water partition coefficient (Wildman–Crippen LogP) is 1.28. The van der Waals surface area contributed by atoms with E-state index in [4.69, 9.17) is 19.9 Å². The van der Waals surface area contributed by atoms with Crippen molar-refractivity contribution in [2.75, 3.05) is 26.4 Å². The van der Waals surface area contributed by atoms with Gasteiger partial charge in [-0.25, -0.2) is 0 Å². The van der Waals surface area contributed by atoms with E-state index in [2.05, 4.69) is 0 Å². The van der Waals surface area contributed by atoms with Crippen LogP contribution in [0.25, 0.3) is 0 Å². The van der Waals surface area contributed by atoms with Crippen LogP contribution >= 0.6 is 0 Å². The number of carbonyl (C=O) groups is 1. The van der Waals surface area contributed by atoms with Crippen molar-refractivity contribution < 1.29 is 19.0 Å². The number of nitrogens with two attached hydrogens (primary N) is 1. The Morgan fingerprint density at radius 2 is 2.05 bits per heavy atom. The zero-order valence-electron chi connectivity index (χ0n) is 10.9. The third kappa shape index (κ3) is 4.13. The summed E-state index contributed by atoms with van der Waals surface area (Å²) in [6.45, 7) is 2.03. The van der Waals surface area contributed by atoms with Crippen LogP contribution in [-0.2, 0) is 16.0 Å². The Morgan fingerprint density at radius 3 is 2.84 bits per heavy atom. The SMILES string of the molecule is NCCC(=O)OCCc1ccc2c(c1)OCCCO2. The number of rotatable bonds is 5. The summed E-state index contributed by atoms with van der Waals surface area (Å²) in [6.07, 6.45) is 1.81. The monoisotopic (exact) mass is 265 g/mol. The van der Waals surface area contributed by atoms with Gasteiger partial charge in [0.05, 0.1) is 26.2 Å². The highest BCUT2D eigenvalue weighted by Gasteiger charge is 2.10. The van der Waals surface area contributed by atoms with E-state index in [9.17, 15) is 4.79 Å². The van der Waals surface area contributed by atoms with Crippen LogP contribution in [0.5, 0.6) is 11.5 Å². The summed E-state index contributed by atoms with van der Waals surface area (Å²) in [5.74, 6) is 1.29. The zero-order valence-corrected chi connectivity index (χ0v) is 10.9. The van der Waals surface area contributed by atoms with Crippen molar-refractivity contribution in [3.63, 3.8) is 0 Å². The minimum atomic E-state index is -0.253. The summed E-state index contributed by atoms with van der Waals surface area (Å²) in [7, 11) is 0. The molecule has 2 rings (SSSR count). The van der Waals surface area contributed by atoms with Crippen LogP contribution < -0.4 is 15.2 Å². The summed E-state index contributed by atoms with van der Waals surface area (Å²) >= 11 is 0. The zero-order chi connectivity index (χ0) is 13.5. The van der Waals surface area contributed by atoms with Gasteiger partial charge in [-0.05, 0) is 17.7 Å². The second kappa shape index (κ2) is 6.99. The Kier molecular flexibility index (Phi) is 5.03. The maximum Gasteiger partial charge on any atom is 0.307 e. The number of carbonyl (C=O) groups excluding carboxylic acids is 1. The fourth-order valence-corrected chi connectivity index (χ4v) is 1.84. The third-order valence-electron chi connectivity index (χ3n) is 2.81. The number of benzene rings is 1. The molecule has 1 aromatic carbocycles. The number of ether oxygens (including phenoxy) is 3. The highest BCUT2D eigenvalue weighted by Crippen LogP contribution is 2.30. The molecular weight excluding hydrogens is 246 g/mol. The van der Waals surface area contributed by atoms with Gasteiger partial charge in [-0.1, -0.05) is 6.07 Å². The molecule has 19 heavy (non-hydrogen) atoms.